The number of pyridine rings is 1. The fourth-order valence-electron chi connectivity index (χ4n) is 1.67. The molecular formula is C13H16N4O. The largest absolute Gasteiger partial charge is 0.492 e. The minimum absolute atomic E-state index is 0.553. The molecule has 0 aromatic carbocycles. The number of aromatic nitrogens is 2. The number of fused-ring (bicyclic) bond motifs is 1. The van der Waals surface area contributed by atoms with Crippen LogP contribution >= 0.6 is 0 Å². The van der Waals surface area contributed by atoms with Crippen LogP contribution in [0.3, 0.4) is 0 Å². The number of rotatable bonds is 3. The summed E-state index contributed by atoms with van der Waals surface area (Å²) >= 11 is 0. The van der Waals surface area contributed by atoms with Crippen molar-refractivity contribution in [2.45, 2.75) is 26.2 Å². The maximum absolute atomic E-state index is 9.12. The summed E-state index contributed by atoms with van der Waals surface area (Å²) in [5.74, 6) is 0.622. The van der Waals surface area contributed by atoms with Gasteiger partial charge in [-0.15, -0.1) is 0 Å². The lowest BCUT2D eigenvalue weighted by atomic mass is 9.92. The fourth-order valence-corrected chi connectivity index (χ4v) is 1.67. The monoisotopic (exact) mass is 244 g/mol. The Balaban J connectivity index is 2.56. The van der Waals surface area contributed by atoms with E-state index in [0.29, 0.717) is 18.0 Å². The lowest BCUT2D eigenvalue weighted by Crippen LogP contribution is -2.14. The number of hydrogen-bond donors (Lipinski definition) is 1. The van der Waals surface area contributed by atoms with Gasteiger partial charge in [-0.25, -0.2) is 4.98 Å². The first-order valence-corrected chi connectivity index (χ1v) is 5.80. The maximum atomic E-state index is 9.12. The van der Waals surface area contributed by atoms with Gasteiger partial charge < -0.3 is 14.9 Å². The van der Waals surface area contributed by atoms with Crippen molar-refractivity contribution in [1.29, 1.82) is 5.26 Å². The van der Waals surface area contributed by atoms with Crippen molar-refractivity contribution in [2.24, 2.45) is 0 Å². The molecule has 5 nitrogen and oxygen atoms in total. The molecule has 94 valence electrons. The SMILES string of the molecule is CCOc1cc2nc(C(C)(C)C#N)cn2cc1N. The topological polar surface area (TPSA) is 76.3 Å². The normalized spacial score (nSPS) is 11.4. The number of imidazole rings is 1. The third kappa shape index (κ3) is 1.97. The molecule has 0 spiro atoms. The van der Waals surface area contributed by atoms with Gasteiger partial charge in [-0.05, 0) is 20.8 Å². The van der Waals surface area contributed by atoms with Crippen LogP contribution in [0.1, 0.15) is 26.5 Å². The summed E-state index contributed by atoms with van der Waals surface area (Å²) in [6.45, 7) is 6.13. The highest BCUT2D eigenvalue weighted by molar-refractivity contribution is 5.59. The van der Waals surface area contributed by atoms with Crippen molar-refractivity contribution in [1.82, 2.24) is 9.38 Å². The summed E-state index contributed by atoms with van der Waals surface area (Å²) in [6, 6.07) is 4.02. The molecule has 0 amide bonds. The molecular weight excluding hydrogens is 228 g/mol. The molecule has 0 fully saturated rings. The summed E-state index contributed by atoms with van der Waals surface area (Å²) in [6.07, 6.45) is 3.58. The van der Waals surface area contributed by atoms with E-state index in [2.05, 4.69) is 11.1 Å². The molecule has 0 atom stereocenters. The first-order valence-electron chi connectivity index (χ1n) is 5.80. The first-order chi connectivity index (χ1) is 8.47. The van der Waals surface area contributed by atoms with Gasteiger partial charge in [-0.2, -0.15) is 5.26 Å². The van der Waals surface area contributed by atoms with Crippen molar-refractivity contribution >= 4 is 11.3 Å². The van der Waals surface area contributed by atoms with E-state index in [1.165, 1.54) is 0 Å². The smallest absolute Gasteiger partial charge is 0.147 e. The van der Waals surface area contributed by atoms with E-state index in [4.69, 9.17) is 15.7 Å². The molecule has 18 heavy (non-hydrogen) atoms. The number of nitrogen functional groups attached to an aromatic ring is 1. The average Bonchev–Trinajstić information content (AvgIpc) is 2.73. The van der Waals surface area contributed by atoms with Crippen LogP contribution < -0.4 is 10.5 Å². The van der Waals surface area contributed by atoms with Crippen molar-refractivity contribution in [3.63, 3.8) is 0 Å². The third-order valence-corrected chi connectivity index (χ3v) is 2.80. The van der Waals surface area contributed by atoms with Gasteiger partial charge in [-0.1, -0.05) is 0 Å². The predicted molar refractivity (Wildman–Crippen MR) is 69.4 cm³/mol. The highest BCUT2D eigenvalue weighted by Gasteiger charge is 2.23. The van der Waals surface area contributed by atoms with Crippen LogP contribution in [0.2, 0.25) is 0 Å². The second kappa shape index (κ2) is 4.22. The van der Waals surface area contributed by atoms with E-state index in [-0.39, 0.29) is 0 Å². The van der Waals surface area contributed by atoms with Crippen molar-refractivity contribution in [3.8, 4) is 11.8 Å². The van der Waals surface area contributed by atoms with Crippen LogP contribution in [0.4, 0.5) is 5.69 Å². The van der Waals surface area contributed by atoms with Crippen molar-refractivity contribution < 1.29 is 4.74 Å². The molecule has 0 saturated carbocycles. The number of nitrogens with two attached hydrogens (primary N) is 1. The molecule has 0 saturated heterocycles. The van der Waals surface area contributed by atoms with Crippen LogP contribution in [0.5, 0.6) is 5.75 Å². The van der Waals surface area contributed by atoms with Gasteiger partial charge in [-0.3, -0.25) is 0 Å². The van der Waals surface area contributed by atoms with Crippen LogP contribution in [0.15, 0.2) is 18.5 Å². The lowest BCUT2D eigenvalue weighted by Gasteiger charge is -2.09. The standard InChI is InChI=1S/C13H16N4O/c1-4-18-10-5-12-16-11(13(2,3)8-14)7-17(12)6-9(10)15/h5-7H,4,15H2,1-3H3. The highest BCUT2D eigenvalue weighted by atomic mass is 16.5. The van der Waals surface area contributed by atoms with Gasteiger partial charge >= 0.3 is 0 Å². The van der Waals surface area contributed by atoms with Gasteiger partial charge in [0.05, 0.1) is 29.5 Å². The Morgan fingerprint density at radius 1 is 1.50 bits per heavy atom. The van der Waals surface area contributed by atoms with Gasteiger partial charge in [0.25, 0.3) is 0 Å². The summed E-state index contributed by atoms with van der Waals surface area (Å²) < 4.78 is 7.23. The Bertz CT molecular complexity index is 622. The average molecular weight is 244 g/mol. The van der Waals surface area contributed by atoms with Gasteiger partial charge in [0.1, 0.15) is 11.4 Å². The summed E-state index contributed by atoms with van der Waals surface area (Å²) in [4.78, 5) is 4.44. The molecule has 0 aliphatic heterocycles. The molecule has 2 aromatic rings. The van der Waals surface area contributed by atoms with Gasteiger partial charge in [0, 0.05) is 18.5 Å². The van der Waals surface area contributed by atoms with Gasteiger partial charge in [0.15, 0.2) is 0 Å². The minimum Gasteiger partial charge on any atom is -0.492 e. The molecule has 2 aromatic heterocycles. The summed E-state index contributed by atoms with van der Waals surface area (Å²) in [7, 11) is 0. The van der Waals surface area contributed by atoms with Crippen LogP contribution in [-0.2, 0) is 5.41 Å². The molecule has 0 bridgehead atoms. The number of nitrogens with zero attached hydrogens (tertiary/aromatic N) is 3. The Hall–Kier alpha value is -2.22. The van der Waals surface area contributed by atoms with E-state index < -0.39 is 5.41 Å². The van der Waals surface area contributed by atoms with Crippen molar-refractivity contribution in [2.75, 3.05) is 12.3 Å². The zero-order valence-corrected chi connectivity index (χ0v) is 10.8. The van der Waals surface area contributed by atoms with E-state index in [1.807, 2.05) is 31.4 Å². The molecule has 0 aliphatic rings. The molecule has 0 unspecified atom stereocenters. The number of anilines is 1. The van der Waals surface area contributed by atoms with E-state index >= 15 is 0 Å². The second-order valence-corrected chi connectivity index (χ2v) is 4.65. The van der Waals surface area contributed by atoms with Crippen LogP contribution in [-0.4, -0.2) is 16.0 Å². The third-order valence-electron chi connectivity index (χ3n) is 2.80. The number of ether oxygens (including phenoxy) is 1. The van der Waals surface area contributed by atoms with E-state index in [0.717, 1.165) is 11.3 Å². The molecule has 5 heteroatoms. The Labute approximate surface area is 106 Å². The van der Waals surface area contributed by atoms with Crippen LogP contribution in [0, 0.1) is 11.3 Å². The van der Waals surface area contributed by atoms with E-state index in [9.17, 15) is 0 Å². The number of nitriles is 1. The molecule has 2 heterocycles. The summed E-state index contributed by atoms with van der Waals surface area (Å²) in [5, 5.41) is 9.12. The lowest BCUT2D eigenvalue weighted by molar-refractivity contribution is 0.342. The second-order valence-electron chi connectivity index (χ2n) is 4.65. The van der Waals surface area contributed by atoms with Crippen LogP contribution in [0.25, 0.3) is 5.65 Å². The zero-order valence-electron chi connectivity index (χ0n) is 10.8. The fraction of sp³-hybridized carbons (Fsp3) is 0.385. The maximum Gasteiger partial charge on any atom is 0.147 e. The zero-order chi connectivity index (χ0) is 13.3. The molecule has 2 rings (SSSR count). The molecule has 2 N–H and O–H groups in total. The number of hydrogen-bond acceptors (Lipinski definition) is 4. The first kappa shape index (κ1) is 12.2. The van der Waals surface area contributed by atoms with Crippen molar-refractivity contribution in [3.05, 3.63) is 24.2 Å². The Morgan fingerprint density at radius 3 is 2.83 bits per heavy atom. The highest BCUT2D eigenvalue weighted by Crippen LogP contribution is 2.26. The Morgan fingerprint density at radius 2 is 2.22 bits per heavy atom. The molecule has 0 aliphatic carbocycles. The molecule has 0 radical (unpaired) electrons. The summed E-state index contributed by atoms with van der Waals surface area (Å²) in [5.41, 5.74) is 7.27. The Kier molecular flexibility index (Phi) is 2.87. The predicted octanol–water partition coefficient (Wildman–Crippen LogP) is 2.12. The minimum atomic E-state index is -0.618. The van der Waals surface area contributed by atoms with E-state index in [1.54, 1.807) is 12.3 Å². The quantitative estimate of drug-likeness (QED) is 0.897. The van der Waals surface area contributed by atoms with Gasteiger partial charge in [0.2, 0.25) is 0 Å².